The van der Waals surface area contributed by atoms with Crippen LogP contribution >= 0.6 is 0 Å². The van der Waals surface area contributed by atoms with E-state index < -0.39 is 11.9 Å². The Bertz CT molecular complexity index is 863. The van der Waals surface area contributed by atoms with Gasteiger partial charge in [0.1, 0.15) is 0 Å². The van der Waals surface area contributed by atoms with Crippen molar-refractivity contribution in [2.75, 3.05) is 14.2 Å². The Hall–Kier alpha value is -2.82. The van der Waals surface area contributed by atoms with Crippen LogP contribution in [0.15, 0.2) is 36.4 Å². The van der Waals surface area contributed by atoms with Crippen LogP contribution in [0.1, 0.15) is 20.7 Å². The minimum Gasteiger partial charge on any atom is -0.465 e. The second-order valence-electron chi connectivity index (χ2n) is 4.56. The average molecular weight is 283 g/mol. The van der Waals surface area contributed by atoms with E-state index in [0.29, 0.717) is 5.39 Å². The van der Waals surface area contributed by atoms with E-state index in [2.05, 4.69) is 4.98 Å². The van der Waals surface area contributed by atoms with Gasteiger partial charge in [-0.3, -0.25) is 0 Å². The third-order valence-corrected chi connectivity index (χ3v) is 3.47. The van der Waals surface area contributed by atoms with E-state index in [1.54, 1.807) is 12.1 Å². The number of methoxy groups -OCH3 is 2. The summed E-state index contributed by atoms with van der Waals surface area (Å²) in [5.41, 5.74) is 2.07. The molecule has 0 radical (unpaired) electrons. The van der Waals surface area contributed by atoms with Crippen LogP contribution in [0.25, 0.3) is 21.8 Å². The number of rotatable bonds is 2. The number of aromatic amines is 1. The molecule has 5 heteroatoms. The molecule has 0 saturated heterocycles. The van der Waals surface area contributed by atoms with Crippen molar-refractivity contribution in [2.45, 2.75) is 0 Å². The van der Waals surface area contributed by atoms with Crippen molar-refractivity contribution in [3.63, 3.8) is 0 Å². The highest BCUT2D eigenvalue weighted by atomic mass is 16.5. The predicted molar refractivity (Wildman–Crippen MR) is 78.5 cm³/mol. The van der Waals surface area contributed by atoms with Gasteiger partial charge < -0.3 is 14.5 Å². The summed E-state index contributed by atoms with van der Waals surface area (Å²) in [7, 11) is 2.57. The van der Waals surface area contributed by atoms with Gasteiger partial charge >= 0.3 is 11.9 Å². The number of fused-ring (bicyclic) bond motifs is 3. The van der Waals surface area contributed by atoms with Crippen LogP contribution in [0.2, 0.25) is 0 Å². The highest BCUT2D eigenvalue weighted by Crippen LogP contribution is 2.31. The van der Waals surface area contributed by atoms with E-state index in [4.69, 9.17) is 9.47 Å². The summed E-state index contributed by atoms with van der Waals surface area (Å²) in [5.74, 6) is -1.13. The number of carbonyl (C=O) groups excluding carboxylic acids is 2. The maximum atomic E-state index is 12.2. The lowest BCUT2D eigenvalue weighted by Gasteiger charge is -2.08. The molecular weight excluding hydrogens is 270 g/mol. The van der Waals surface area contributed by atoms with Gasteiger partial charge in [-0.05, 0) is 18.2 Å². The van der Waals surface area contributed by atoms with Crippen LogP contribution in [0.4, 0.5) is 0 Å². The van der Waals surface area contributed by atoms with Gasteiger partial charge in [0.15, 0.2) is 0 Å². The number of hydrogen-bond acceptors (Lipinski definition) is 4. The maximum absolute atomic E-state index is 12.2. The number of benzene rings is 2. The zero-order chi connectivity index (χ0) is 15.0. The van der Waals surface area contributed by atoms with E-state index in [1.807, 2.05) is 24.3 Å². The smallest absolute Gasteiger partial charge is 0.339 e. The first-order valence-corrected chi connectivity index (χ1v) is 6.37. The van der Waals surface area contributed by atoms with Gasteiger partial charge in [0, 0.05) is 21.8 Å². The van der Waals surface area contributed by atoms with Gasteiger partial charge in [-0.1, -0.05) is 18.2 Å². The summed E-state index contributed by atoms with van der Waals surface area (Å²) in [6, 6.07) is 10.9. The number of carbonyl (C=O) groups is 2. The predicted octanol–water partition coefficient (Wildman–Crippen LogP) is 2.89. The van der Waals surface area contributed by atoms with Gasteiger partial charge in [-0.2, -0.15) is 0 Å². The minimum absolute atomic E-state index is 0.196. The number of hydrogen-bond donors (Lipinski definition) is 1. The van der Waals surface area contributed by atoms with Crippen molar-refractivity contribution in [1.82, 2.24) is 4.98 Å². The summed E-state index contributed by atoms with van der Waals surface area (Å²) in [5, 5.41) is 1.53. The number of esters is 2. The molecule has 0 amide bonds. The molecule has 1 heterocycles. The van der Waals surface area contributed by atoms with E-state index >= 15 is 0 Å². The highest BCUT2D eigenvalue weighted by molar-refractivity contribution is 6.20. The monoisotopic (exact) mass is 283 g/mol. The number of para-hydroxylation sites is 1. The van der Waals surface area contributed by atoms with Crippen molar-refractivity contribution in [3.05, 3.63) is 47.5 Å². The number of H-pyrrole nitrogens is 1. The lowest BCUT2D eigenvalue weighted by Crippen LogP contribution is -2.12. The van der Waals surface area contributed by atoms with Crippen molar-refractivity contribution >= 4 is 33.7 Å². The van der Waals surface area contributed by atoms with Crippen molar-refractivity contribution in [2.24, 2.45) is 0 Å². The summed E-state index contributed by atoms with van der Waals surface area (Å²) in [6.07, 6.45) is 0. The zero-order valence-corrected chi connectivity index (χ0v) is 11.6. The van der Waals surface area contributed by atoms with Gasteiger partial charge in [0.25, 0.3) is 0 Å². The third kappa shape index (κ3) is 1.94. The van der Waals surface area contributed by atoms with Gasteiger partial charge in [0.05, 0.1) is 25.3 Å². The molecule has 0 spiro atoms. The summed E-state index contributed by atoms with van der Waals surface area (Å²) >= 11 is 0. The molecule has 0 aliphatic carbocycles. The number of aromatic nitrogens is 1. The van der Waals surface area contributed by atoms with Crippen LogP contribution in [-0.2, 0) is 9.47 Å². The van der Waals surface area contributed by atoms with Gasteiger partial charge in [-0.25, -0.2) is 9.59 Å². The van der Waals surface area contributed by atoms with E-state index in [-0.39, 0.29) is 11.1 Å². The Labute approximate surface area is 120 Å². The highest BCUT2D eigenvalue weighted by Gasteiger charge is 2.23. The van der Waals surface area contributed by atoms with Crippen LogP contribution in [0.3, 0.4) is 0 Å². The molecule has 5 nitrogen and oxygen atoms in total. The third-order valence-electron chi connectivity index (χ3n) is 3.47. The standard InChI is InChI=1S/C16H13NO4/c1-20-15(18)10-7-8-12-13(14(10)16(19)21-2)9-5-3-4-6-11(9)17-12/h3-8,17H,1-2H3. The van der Waals surface area contributed by atoms with Crippen LogP contribution in [0, 0.1) is 0 Å². The Balaban J connectivity index is 2.47. The molecule has 0 fully saturated rings. The maximum Gasteiger partial charge on any atom is 0.339 e. The Morgan fingerprint density at radius 3 is 2.33 bits per heavy atom. The number of nitrogens with one attached hydrogen (secondary N) is 1. The molecule has 0 saturated carbocycles. The molecule has 106 valence electrons. The summed E-state index contributed by atoms with van der Waals surface area (Å²) in [4.78, 5) is 27.3. The van der Waals surface area contributed by atoms with E-state index in [1.165, 1.54) is 14.2 Å². The lowest BCUT2D eigenvalue weighted by atomic mass is 10.0. The Kier molecular flexibility index (Phi) is 3.10. The molecule has 1 aromatic heterocycles. The molecule has 1 N–H and O–H groups in total. The SMILES string of the molecule is COC(=O)c1ccc2[nH]c3ccccc3c2c1C(=O)OC. The molecule has 0 unspecified atom stereocenters. The number of ether oxygens (including phenoxy) is 2. The molecule has 0 atom stereocenters. The first-order valence-electron chi connectivity index (χ1n) is 6.37. The largest absolute Gasteiger partial charge is 0.465 e. The van der Waals surface area contributed by atoms with Crippen molar-refractivity contribution in [3.8, 4) is 0 Å². The molecule has 2 aromatic carbocycles. The topological polar surface area (TPSA) is 68.4 Å². The van der Waals surface area contributed by atoms with Gasteiger partial charge in [0.2, 0.25) is 0 Å². The fourth-order valence-electron chi connectivity index (χ4n) is 2.54. The van der Waals surface area contributed by atoms with Crippen LogP contribution < -0.4 is 0 Å². The first-order chi connectivity index (χ1) is 10.2. The van der Waals surface area contributed by atoms with Crippen LogP contribution in [0.5, 0.6) is 0 Å². The Morgan fingerprint density at radius 2 is 1.62 bits per heavy atom. The molecule has 3 rings (SSSR count). The minimum atomic E-state index is -0.567. The summed E-state index contributed by atoms with van der Waals surface area (Å²) in [6.45, 7) is 0. The molecule has 21 heavy (non-hydrogen) atoms. The van der Waals surface area contributed by atoms with Crippen molar-refractivity contribution in [1.29, 1.82) is 0 Å². The molecule has 0 bridgehead atoms. The fourth-order valence-corrected chi connectivity index (χ4v) is 2.54. The zero-order valence-electron chi connectivity index (χ0n) is 11.6. The van der Waals surface area contributed by atoms with Crippen LogP contribution in [-0.4, -0.2) is 31.1 Å². The molecule has 3 aromatic rings. The molecule has 0 aliphatic rings. The second kappa shape index (κ2) is 4.94. The molecular formula is C16H13NO4. The lowest BCUT2D eigenvalue weighted by molar-refractivity contribution is 0.0557. The fraction of sp³-hybridized carbons (Fsp3) is 0.125. The van der Waals surface area contributed by atoms with Crippen molar-refractivity contribution < 1.29 is 19.1 Å². The summed E-state index contributed by atoms with van der Waals surface area (Å²) < 4.78 is 9.59. The molecule has 0 aliphatic heterocycles. The average Bonchev–Trinajstić information content (AvgIpc) is 2.91. The van der Waals surface area contributed by atoms with Gasteiger partial charge in [-0.15, -0.1) is 0 Å². The van der Waals surface area contributed by atoms with E-state index in [0.717, 1.165) is 16.4 Å². The Morgan fingerprint density at radius 1 is 0.905 bits per heavy atom. The second-order valence-corrected chi connectivity index (χ2v) is 4.56. The first kappa shape index (κ1) is 13.2. The normalized spacial score (nSPS) is 10.8. The van der Waals surface area contributed by atoms with E-state index in [9.17, 15) is 9.59 Å². The quantitative estimate of drug-likeness (QED) is 0.734.